The fourth-order valence-corrected chi connectivity index (χ4v) is 2.90. The molecule has 1 aliphatic rings. The average Bonchev–Trinajstić information content (AvgIpc) is 2.39. The first-order valence-corrected chi connectivity index (χ1v) is 6.56. The van der Waals surface area contributed by atoms with Crippen LogP contribution in [-0.4, -0.2) is 10.1 Å². The van der Waals surface area contributed by atoms with Gasteiger partial charge in [0.05, 0.1) is 11.1 Å². The van der Waals surface area contributed by atoms with Crippen molar-refractivity contribution in [2.45, 2.75) is 37.7 Å². The highest BCUT2D eigenvalue weighted by molar-refractivity contribution is 5.90. The van der Waals surface area contributed by atoms with E-state index >= 15 is 0 Å². The molecule has 1 aromatic carbocycles. The summed E-state index contributed by atoms with van der Waals surface area (Å²) in [5.41, 5.74) is 7.85. The Labute approximate surface area is 107 Å². The SMILES string of the molecule is Nc1cc(C2(O)CCCCC2)cc2ncccc12. The predicted molar refractivity (Wildman–Crippen MR) is 73.1 cm³/mol. The van der Waals surface area contributed by atoms with Crippen LogP contribution in [0.15, 0.2) is 30.5 Å². The molecule has 1 aliphatic carbocycles. The van der Waals surface area contributed by atoms with Crippen molar-refractivity contribution < 1.29 is 5.11 Å². The highest BCUT2D eigenvalue weighted by Crippen LogP contribution is 2.38. The Morgan fingerprint density at radius 1 is 1.17 bits per heavy atom. The van der Waals surface area contributed by atoms with Crippen molar-refractivity contribution in [1.82, 2.24) is 4.98 Å². The summed E-state index contributed by atoms with van der Waals surface area (Å²) in [5.74, 6) is 0. The van der Waals surface area contributed by atoms with Gasteiger partial charge < -0.3 is 10.8 Å². The van der Waals surface area contributed by atoms with E-state index in [-0.39, 0.29) is 0 Å². The van der Waals surface area contributed by atoms with Crippen LogP contribution in [0.2, 0.25) is 0 Å². The molecule has 1 saturated carbocycles. The molecule has 0 spiro atoms. The predicted octanol–water partition coefficient (Wildman–Crippen LogP) is 2.97. The quantitative estimate of drug-likeness (QED) is 0.756. The van der Waals surface area contributed by atoms with E-state index in [1.807, 2.05) is 24.3 Å². The van der Waals surface area contributed by atoms with Gasteiger partial charge in [0.1, 0.15) is 0 Å². The van der Waals surface area contributed by atoms with E-state index in [9.17, 15) is 5.11 Å². The molecule has 1 fully saturated rings. The summed E-state index contributed by atoms with van der Waals surface area (Å²) >= 11 is 0. The van der Waals surface area contributed by atoms with Crippen molar-refractivity contribution in [3.8, 4) is 0 Å². The van der Waals surface area contributed by atoms with Gasteiger partial charge in [-0.25, -0.2) is 0 Å². The van der Waals surface area contributed by atoms with Gasteiger partial charge in [0.2, 0.25) is 0 Å². The van der Waals surface area contributed by atoms with Crippen molar-refractivity contribution in [3.05, 3.63) is 36.0 Å². The normalized spacial score (nSPS) is 18.9. The molecule has 0 aliphatic heterocycles. The monoisotopic (exact) mass is 242 g/mol. The minimum atomic E-state index is -0.710. The Morgan fingerprint density at radius 3 is 2.72 bits per heavy atom. The largest absolute Gasteiger partial charge is 0.398 e. The van der Waals surface area contributed by atoms with Crippen LogP contribution in [0.1, 0.15) is 37.7 Å². The van der Waals surface area contributed by atoms with Crippen molar-refractivity contribution in [2.24, 2.45) is 0 Å². The molecular weight excluding hydrogens is 224 g/mol. The molecule has 3 N–H and O–H groups in total. The third-order valence-electron chi connectivity index (χ3n) is 3.97. The van der Waals surface area contributed by atoms with E-state index in [1.165, 1.54) is 6.42 Å². The highest BCUT2D eigenvalue weighted by Gasteiger charge is 2.31. The van der Waals surface area contributed by atoms with Gasteiger partial charge in [-0.2, -0.15) is 0 Å². The molecule has 0 saturated heterocycles. The lowest BCUT2D eigenvalue weighted by Gasteiger charge is -2.32. The maximum Gasteiger partial charge on any atom is 0.0898 e. The summed E-state index contributed by atoms with van der Waals surface area (Å²) in [6.45, 7) is 0. The molecule has 1 aromatic heterocycles. The van der Waals surface area contributed by atoms with Crippen LogP contribution in [0, 0.1) is 0 Å². The van der Waals surface area contributed by atoms with Crippen molar-refractivity contribution in [2.75, 3.05) is 5.73 Å². The van der Waals surface area contributed by atoms with Crippen LogP contribution >= 0.6 is 0 Å². The number of fused-ring (bicyclic) bond motifs is 1. The van der Waals surface area contributed by atoms with E-state index in [2.05, 4.69) is 4.98 Å². The third-order valence-corrected chi connectivity index (χ3v) is 3.97. The minimum absolute atomic E-state index is 0.703. The molecule has 3 heteroatoms. The summed E-state index contributed by atoms with van der Waals surface area (Å²) in [6, 6.07) is 7.74. The molecule has 0 atom stereocenters. The lowest BCUT2D eigenvalue weighted by molar-refractivity contribution is -0.000477. The van der Waals surface area contributed by atoms with Crippen LogP contribution in [-0.2, 0) is 5.60 Å². The summed E-state index contributed by atoms with van der Waals surface area (Å²) in [6.07, 6.45) is 6.78. The summed E-state index contributed by atoms with van der Waals surface area (Å²) < 4.78 is 0. The fourth-order valence-electron chi connectivity index (χ4n) is 2.90. The van der Waals surface area contributed by atoms with Crippen LogP contribution < -0.4 is 5.73 Å². The van der Waals surface area contributed by atoms with Gasteiger partial charge in [0.15, 0.2) is 0 Å². The van der Waals surface area contributed by atoms with Crippen molar-refractivity contribution in [3.63, 3.8) is 0 Å². The van der Waals surface area contributed by atoms with Crippen molar-refractivity contribution >= 4 is 16.6 Å². The number of hydrogen-bond acceptors (Lipinski definition) is 3. The van der Waals surface area contributed by atoms with Gasteiger partial charge >= 0.3 is 0 Å². The van der Waals surface area contributed by atoms with E-state index in [0.29, 0.717) is 5.69 Å². The number of aliphatic hydroxyl groups is 1. The first-order chi connectivity index (χ1) is 8.69. The molecule has 2 aromatic rings. The Balaban J connectivity index is 2.12. The third kappa shape index (κ3) is 1.85. The summed E-state index contributed by atoms with van der Waals surface area (Å²) in [4.78, 5) is 4.34. The zero-order valence-electron chi connectivity index (χ0n) is 10.4. The van der Waals surface area contributed by atoms with Crippen LogP contribution in [0.4, 0.5) is 5.69 Å². The summed E-state index contributed by atoms with van der Waals surface area (Å²) in [5, 5.41) is 11.7. The zero-order chi connectivity index (χ0) is 12.6. The van der Waals surface area contributed by atoms with E-state index in [1.54, 1.807) is 6.20 Å². The molecule has 0 radical (unpaired) electrons. The zero-order valence-corrected chi connectivity index (χ0v) is 10.4. The second kappa shape index (κ2) is 4.25. The second-order valence-electron chi connectivity index (χ2n) is 5.23. The number of nitrogens with zero attached hydrogens (tertiary/aromatic N) is 1. The molecule has 0 unspecified atom stereocenters. The van der Waals surface area contributed by atoms with Crippen molar-refractivity contribution in [1.29, 1.82) is 0 Å². The molecule has 18 heavy (non-hydrogen) atoms. The van der Waals surface area contributed by atoms with Gasteiger partial charge in [-0.3, -0.25) is 4.98 Å². The lowest BCUT2D eigenvalue weighted by atomic mass is 9.79. The first kappa shape index (κ1) is 11.5. The lowest BCUT2D eigenvalue weighted by Crippen LogP contribution is -2.28. The number of anilines is 1. The number of benzene rings is 1. The van der Waals surface area contributed by atoms with E-state index < -0.39 is 5.60 Å². The standard InChI is InChI=1S/C15H18N2O/c16-13-9-11(15(18)6-2-1-3-7-15)10-14-12(13)5-4-8-17-14/h4-5,8-10,18H,1-3,6-7,16H2. The first-order valence-electron chi connectivity index (χ1n) is 6.56. The van der Waals surface area contributed by atoms with E-state index in [0.717, 1.165) is 42.1 Å². The number of rotatable bonds is 1. The van der Waals surface area contributed by atoms with Gasteiger partial charge in [0, 0.05) is 17.3 Å². The Kier molecular flexibility index (Phi) is 2.71. The Morgan fingerprint density at radius 2 is 1.94 bits per heavy atom. The number of nitrogens with two attached hydrogens (primary N) is 1. The average molecular weight is 242 g/mol. The maximum atomic E-state index is 10.7. The van der Waals surface area contributed by atoms with E-state index in [4.69, 9.17) is 5.73 Å². The molecule has 3 rings (SSSR count). The number of nitrogen functional groups attached to an aromatic ring is 1. The molecule has 0 amide bonds. The van der Waals surface area contributed by atoms with Crippen LogP contribution in [0.3, 0.4) is 0 Å². The smallest absolute Gasteiger partial charge is 0.0898 e. The van der Waals surface area contributed by atoms with Gasteiger partial charge in [0.25, 0.3) is 0 Å². The minimum Gasteiger partial charge on any atom is -0.398 e. The fraction of sp³-hybridized carbons (Fsp3) is 0.400. The Hall–Kier alpha value is -1.61. The second-order valence-corrected chi connectivity index (χ2v) is 5.23. The highest BCUT2D eigenvalue weighted by atomic mass is 16.3. The van der Waals surface area contributed by atoms with Gasteiger partial charge in [-0.15, -0.1) is 0 Å². The molecule has 94 valence electrons. The Bertz CT molecular complexity index is 574. The molecule has 3 nitrogen and oxygen atoms in total. The molecule has 0 bridgehead atoms. The summed E-state index contributed by atoms with van der Waals surface area (Å²) in [7, 11) is 0. The van der Waals surface area contributed by atoms with Gasteiger partial charge in [-0.05, 0) is 42.7 Å². The molecular formula is C15H18N2O. The topological polar surface area (TPSA) is 59.1 Å². The van der Waals surface area contributed by atoms with Gasteiger partial charge in [-0.1, -0.05) is 19.3 Å². The number of pyridine rings is 1. The van der Waals surface area contributed by atoms with Crippen LogP contribution in [0.5, 0.6) is 0 Å². The maximum absolute atomic E-state index is 10.7. The number of aromatic nitrogens is 1. The van der Waals surface area contributed by atoms with Crippen LogP contribution in [0.25, 0.3) is 10.9 Å². The molecule has 1 heterocycles. The number of hydrogen-bond donors (Lipinski definition) is 2.